The molecule has 1 aromatic carbocycles. The van der Waals surface area contributed by atoms with Gasteiger partial charge in [0.05, 0.1) is 35.7 Å². The summed E-state index contributed by atoms with van der Waals surface area (Å²) < 4.78 is 7.04. The largest absolute Gasteiger partial charge is 0.497 e. The first kappa shape index (κ1) is 22.6. The Balaban J connectivity index is 1.56. The van der Waals surface area contributed by atoms with Crippen LogP contribution in [0.4, 0.5) is 5.69 Å². The molecular weight excluding hydrogens is 420 g/mol. The highest BCUT2D eigenvalue weighted by Gasteiger charge is 2.23. The second kappa shape index (κ2) is 10.3. The molecule has 1 aliphatic rings. The van der Waals surface area contributed by atoms with Crippen molar-refractivity contribution in [3.63, 3.8) is 0 Å². The first-order chi connectivity index (χ1) is 16.1. The highest BCUT2D eigenvalue weighted by atomic mass is 16.6. The minimum absolute atomic E-state index is 0.176. The Hall–Kier alpha value is -3.62. The van der Waals surface area contributed by atoms with E-state index in [4.69, 9.17) is 9.57 Å². The number of ether oxygens (including phenoxy) is 1. The number of aryl methyl sites for hydroxylation is 1. The zero-order chi connectivity index (χ0) is 23.2. The van der Waals surface area contributed by atoms with Gasteiger partial charge in [-0.25, -0.2) is 9.67 Å². The van der Waals surface area contributed by atoms with E-state index in [1.54, 1.807) is 26.6 Å². The minimum atomic E-state index is -0.176. The number of oxime groups is 1. The predicted molar refractivity (Wildman–Crippen MR) is 128 cm³/mol. The molecule has 0 unspecified atom stereocenters. The Kier molecular flexibility index (Phi) is 7.07. The van der Waals surface area contributed by atoms with E-state index in [0.717, 1.165) is 59.4 Å². The maximum absolute atomic E-state index is 13.2. The van der Waals surface area contributed by atoms with Gasteiger partial charge in [-0.2, -0.15) is 5.10 Å². The molecule has 0 radical (unpaired) electrons. The molecule has 0 bridgehead atoms. The van der Waals surface area contributed by atoms with Crippen molar-refractivity contribution in [1.82, 2.24) is 20.1 Å². The SMILES string of the molecule is CCn1ncc2c(NC3CCC(=NOC)CC3)c(C(=O)NCc3ccc(OC)cc3)cnc21. The van der Waals surface area contributed by atoms with Gasteiger partial charge in [0.15, 0.2) is 5.65 Å². The standard InChI is InChI=1S/C24H30N6O3/c1-4-30-23-20(15-27-30)22(28-17-7-9-18(10-8-17)29-33-3)21(14-25-23)24(31)26-13-16-5-11-19(32-2)12-6-16/h5-6,11-12,14-15,17H,4,7-10,13H2,1-3H3,(H,25,28)(H,26,31). The third kappa shape index (κ3) is 5.08. The molecule has 174 valence electrons. The molecule has 2 N–H and O–H groups in total. The van der Waals surface area contributed by atoms with Crippen molar-refractivity contribution >= 4 is 28.3 Å². The Labute approximate surface area is 193 Å². The fraction of sp³-hybridized carbons (Fsp3) is 0.417. The van der Waals surface area contributed by atoms with Crippen LogP contribution < -0.4 is 15.4 Å². The van der Waals surface area contributed by atoms with Gasteiger partial charge in [-0.1, -0.05) is 17.3 Å². The van der Waals surface area contributed by atoms with Gasteiger partial charge < -0.3 is 20.2 Å². The summed E-state index contributed by atoms with van der Waals surface area (Å²) >= 11 is 0. The molecule has 3 aromatic rings. The smallest absolute Gasteiger partial charge is 0.255 e. The van der Waals surface area contributed by atoms with Crippen LogP contribution in [0.1, 0.15) is 48.5 Å². The molecule has 1 saturated carbocycles. The van der Waals surface area contributed by atoms with Crippen molar-refractivity contribution in [2.45, 2.75) is 51.7 Å². The molecule has 1 fully saturated rings. The quantitative estimate of drug-likeness (QED) is 0.507. The molecule has 1 aliphatic carbocycles. The van der Waals surface area contributed by atoms with Crippen LogP contribution in [-0.2, 0) is 17.9 Å². The maximum atomic E-state index is 13.2. The van der Waals surface area contributed by atoms with Crippen LogP contribution in [0, 0.1) is 0 Å². The van der Waals surface area contributed by atoms with E-state index >= 15 is 0 Å². The number of benzene rings is 1. The first-order valence-corrected chi connectivity index (χ1v) is 11.2. The fourth-order valence-corrected chi connectivity index (χ4v) is 4.13. The lowest BCUT2D eigenvalue weighted by Crippen LogP contribution is -2.29. The van der Waals surface area contributed by atoms with E-state index in [-0.39, 0.29) is 11.9 Å². The summed E-state index contributed by atoms with van der Waals surface area (Å²) in [5, 5.41) is 16.0. The van der Waals surface area contributed by atoms with Crippen molar-refractivity contribution in [2.75, 3.05) is 19.5 Å². The van der Waals surface area contributed by atoms with Crippen LogP contribution in [0.15, 0.2) is 41.8 Å². The lowest BCUT2D eigenvalue weighted by Gasteiger charge is -2.26. The zero-order valence-corrected chi connectivity index (χ0v) is 19.3. The van der Waals surface area contributed by atoms with Gasteiger partial charge >= 0.3 is 0 Å². The van der Waals surface area contributed by atoms with Crippen LogP contribution in [0.3, 0.4) is 0 Å². The van der Waals surface area contributed by atoms with Crippen LogP contribution in [0.2, 0.25) is 0 Å². The van der Waals surface area contributed by atoms with E-state index in [1.807, 2.05) is 35.9 Å². The number of carbonyl (C=O) groups is 1. The molecule has 9 nitrogen and oxygen atoms in total. The molecule has 0 aliphatic heterocycles. The monoisotopic (exact) mass is 450 g/mol. The number of nitrogens with one attached hydrogen (secondary N) is 2. The number of hydrogen-bond acceptors (Lipinski definition) is 7. The van der Waals surface area contributed by atoms with Gasteiger partial charge in [0.1, 0.15) is 12.9 Å². The number of aromatic nitrogens is 3. The molecule has 9 heteroatoms. The van der Waals surface area contributed by atoms with Crippen molar-refractivity contribution < 1.29 is 14.4 Å². The number of fused-ring (bicyclic) bond motifs is 1. The van der Waals surface area contributed by atoms with Gasteiger partial charge in [0, 0.05) is 25.3 Å². The van der Waals surface area contributed by atoms with E-state index in [2.05, 4.69) is 25.9 Å². The number of anilines is 1. The average molecular weight is 451 g/mol. The average Bonchev–Trinajstić information content (AvgIpc) is 3.28. The number of methoxy groups -OCH3 is 1. The maximum Gasteiger partial charge on any atom is 0.255 e. The normalized spacial score (nSPS) is 15.8. The van der Waals surface area contributed by atoms with Crippen LogP contribution >= 0.6 is 0 Å². The second-order valence-electron chi connectivity index (χ2n) is 8.03. The van der Waals surface area contributed by atoms with Crippen LogP contribution in [-0.4, -0.2) is 46.6 Å². The van der Waals surface area contributed by atoms with Crippen molar-refractivity contribution in [2.24, 2.45) is 5.16 Å². The Bertz CT molecular complexity index is 1130. The third-order valence-corrected chi connectivity index (χ3v) is 5.95. The predicted octanol–water partition coefficient (Wildman–Crippen LogP) is 3.75. The zero-order valence-electron chi connectivity index (χ0n) is 19.3. The summed E-state index contributed by atoms with van der Waals surface area (Å²) in [5.41, 5.74) is 4.13. The fourth-order valence-electron chi connectivity index (χ4n) is 4.13. The minimum Gasteiger partial charge on any atom is -0.497 e. The van der Waals surface area contributed by atoms with Gasteiger partial charge in [-0.3, -0.25) is 4.79 Å². The van der Waals surface area contributed by atoms with Crippen molar-refractivity contribution in [3.05, 3.63) is 47.8 Å². The summed E-state index contributed by atoms with van der Waals surface area (Å²) in [7, 11) is 3.21. The third-order valence-electron chi connectivity index (χ3n) is 5.95. The Morgan fingerprint density at radius 2 is 1.94 bits per heavy atom. The van der Waals surface area contributed by atoms with Crippen LogP contribution in [0.25, 0.3) is 11.0 Å². The number of nitrogens with zero attached hydrogens (tertiary/aromatic N) is 4. The topological polar surface area (TPSA) is 103 Å². The summed E-state index contributed by atoms with van der Waals surface area (Å²) in [4.78, 5) is 22.7. The summed E-state index contributed by atoms with van der Waals surface area (Å²) in [6, 6.07) is 7.86. The van der Waals surface area contributed by atoms with Crippen molar-refractivity contribution in [3.8, 4) is 5.75 Å². The van der Waals surface area contributed by atoms with E-state index < -0.39 is 0 Å². The first-order valence-electron chi connectivity index (χ1n) is 11.2. The molecule has 4 rings (SSSR count). The molecule has 2 aromatic heterocycles. The second-order valence-corrected chi connectivity index (χ2v) is 8.03. The molecule has 1 amide bonds. The van der Waals surface area contributed by atoms with Crippen molar-refractivity contribution in [1.29, 1.82) is 0 Å². The number of amides is 1. The number of pyridine rings is 1. The lowest BCUT2D eigenvalue weighted by atomic mass is 9.93. The van der Waals surface area contributed by atoms with Gasteiger partial charge in [0.25, 0.3) is 5.91 Å². The lowest BCUT2D eigenvalue weighted by molar-refractivity contribution is 0.0951. The van der Waals surface area contributed by atoms with E-state index in [9.17, 15) is 4.79 Å². The number of rotatable bonds is 8. The Morgan fingerprint density at radius 3 is 2.61 bits per heavy atom. The van der Waals surface area contributed by atoms with Crippen LogP contribution in [0.5, 0.6) is 5.75 Å². The molecule has 0 saturated heterocycles. The van der Waals surface area contributed by atoms with E-state index in [1.165, 1.54) is 0 Å². The number of carbonyl (C=O) groups excluding carboxylic acids is 1. The van der Waals surface area contributed by atoms with Gasteiger partial charge in [0.2, 0.25) is 0 Å². The summed E-state index contributed by atoms with van der Waals surface area (Å²) in [6.07, 6.45) is 7.00. The van der Waals surface area contributed by atoms with E-state index in [0.29, 0.717) is 18.7 Å². The Morgan fingerprint density at radius 1 is 1.18 bits per heavy atom. The molecule has 0 spiro atoms. The molecular formula is C24H30N6O3. The number of hydrogen-bond donors (Lipinski definition) is 2. The molecule has 33 heavy (non-hydrogen) atoms. The molecule has 2 heterocycles. The van der Waals surface area contributed by atoms with Gasteiger partial charge in [-0.05, 0) is 50.3 Å². The highest BCUT2D eigenvalue weighted by molar-refractivity contribution is 6.06. The van der Waals surface area contributed by atoms with Gasteiger partial charge in [-0.15, -0.1) is 0 Å². The summed E-state index contributed by atoms with van der Waals surface area (Å²) in [6.45, 7) is 3.14. The molecule has 0 atom stereocenters. The highest BCUT2D eigenvalue weighted by Crippen LogP contribution is 2.29. The summed E-state index contributed by atoms with van der Waals surface area (Å²) in [5.74, 6) is 0.606.